The Morgan fingerprint density at radius 1 is 1.57 bits per heavy atom. The largest absolute Gasteiger partial charge is 0.464 e. The molecule has 1 aromatic rings. The lowest BCUT2D eigenvalue weighted by Gasteiger charge is -2.03. The Balaban J connectivity index is 2.36. The topological polar surface area (TPSA) is 39.2 Å². The zero-order valence-electron chi connectivity index (χ0n) is 7.79. The molecule has 2 rings (SSSR count). The second kappa shape index (κ2) is 3.58. The Labute approximate surface area is 87.0 Å². The molecule has 0 aromatic carbocycles. The van der Waals surface area contributed by atoms with Crippen LogP contribution in [0.15, 0.2) is 12.1 Å². The third kappa shape index (κ3) is 1.73. The van der Waals surface area contributed by atoms with Gasteiger partial charge in [-0.05, 0) is 25.0 Å². The van der Waals surface area contributed by atoms with Gasteiger partial charge in [0.2, 0.25) is 0 Å². The summed E-state index contributed by atoms with van der Waals surface area (Å²) >= 11 is 5.83. The van der Waals surface area contributed by atoms with Gasteiger partial charge < -0.3 is 4.74 Å². The number of methoxy groups -OCH3 is 1. The number of carbonyl (C=O) groups is 1. The van der Waals surface area contributed by atoms with Gasteiger partial charge in [0, 0.05) is 11.6 Å². The maximum absolute atomic E-state index is 11.3. The first kappa shape index (κ1) is 9.46. The SMILES string of the molecule is COC(=O)c1nc(C2CC2)ccc1Cl. The van der Waals surface area contributed by atoms with Crippen molar-refractivity contribution in [3.63, 3.8) is 0 Å². The van der Waals surface area contributed by atoms with Gasteiger partial charge >= 0.3 is 5.97 Å². The highest BCUT2D eigenvalue weighted by Crippen LogP contribution is 2.39. The molecule has 0 aliphatic heterocycles. The van der Waals surface area contributed by atoms with E-state index in [2.05, 4.69) is 9.72 Å². The molecule has 0 N–H and O–H groups in total. The molecule has 1 aliphatic carbocycles. The van der Waals surface area contributed by atoms with Crippen LogP contribution in [0.25, 0.3) is 0 Å². The van der Waals surface area contributed by atoms with Gasteiger partial charge in [-0.3, -0.25) is 0 Å². The number of carbonyl (C=O) groups excluding carboxylic acids is 1. The summed E-state index contributed by atoms with van der Waals surface area (Å²) in [5.41, 5.74) is 1.16. The van der Waals surface area contributed by atoms with Crippen molar-refractivity contribution in [1.29, 1.82) is 0 Å². The van der Waals surface area contributed by atoms with Crippen LogP contribution in [-0.2, 0) is 4.74 Å². The summed E-state index contributed by atoms with van der Waals surface area (Å²) in [5, 5.41) is 0.348. The van der Waals surface area contributed by atoms with Crippen molar-refractivity contribution in [2.45, 2.75) is 18.8 Å². The first-order valence-corrected chi connectivity index (χ1v) is 4.85. The van der Waals surface area contributed by atoms with E-state index in [1.54, 1.807) is 6.07 Å². The second-order valence-electron chi connectivity index (χ2n) is 3.33. The van der Waals surface area contributed by atoms with Gasteiger partial charge in [-0.2, -0.15) is 0 Å². The molecule has 0 amide bonds. The summed E-state index contributed by atoms with van der Waals surface area (Å²) in [6.07, 6.45) is 2.30. The van der Waals surface area contributed by atoms with E-state index in [-0.39, 0.29) is 5.69 Å². The Kier molecular flexibility index (Phi) is 2.42. The Hall–Kier alpha value is -1.09. The molecule has 0 radical (unpaired) electrons. The first-order chi connectivity index (χ1) is 6.72. The van der Waals surface area contributed by atoms with Crippen molar-refractivity contribution in [2.75, 3.05) is 7.11 Å². The third-order valence-corrected chi connectivity index (χ3v) is 2.55. The van der Waals surface area contributed by atoms with Gasteiger partial charge in [0.05, 0.1) is 12.1 Å². The molecule has 1 saturated carbocycles. The summed E-state index contributed by atoms with van der Waals surface area (Å²) in [7, 11) is 1.32. The molecule has 0 saturated heterocycles. The van der Waals surface area contributed by atoms with E-state index in [1.165, 1.54) is 7.11 Å². The molecule has 0 atom stereocenters. The van der Waals surface area contributed by atoms with Crippen LogP contribution in [0.4, 0.5) is 0 Å². The fraction of sp³-hybridized carbons (Fsp3) is 0.400. The number of pyridine rings is 1. The average molecular weight is 212 g/mol. The molecule has 74 valence electrons. The molecule has 1 aromatic heterocycles. The van der Waals surface area contributed by atoms with Crippen molar-refractivity contribution in [3.8, 4) is 0 Å². The first-order valence-electron chi connectivity index (χ1n) is 4.47. The molecular weight excluding hydrogens is 202 g/mol. The van der Waals surface area contributed by atoms with Gasteiger partial charge in [0.25, 0.3) is 0 Å². The zero-order chi connectivity index (χ0) is 10.1. The number of aromatic nitrogens is 1. The number of ether oxygens (including phenoxy) is 1. The fourth-order valence-corrected chi connectivity index (χ4v) is 1.49. The lowest BCUT2D eigenvalue weighted by molar-refractivity contribution is 0.0594. The third-order valence-electron chi connectivity index (χ3n) is 2.24. The van der Waals surface area contributed by atoms with E-state index in [0.717, 1.165) is 18.5 Å². The van der Waals surface area contributed by atoms with E-state index in [0.29, 0.717) is 10.9 Å². The van der Waals surface area contributed by atoms with Crippen LogP contribution in [0.2, 0.25) is 5.02 Å². The van der Waals surface area contributed by atoms with Crippen LogP contribution in [-0.4, -0.2) is 18.1 Å². The maximum atomic E-state index is 11.3. The van der Waals surface area contributed by atoms with Crippen molar-refractivity contribution in [3.05, 3.63) is 28.5 Å². The summed E-state index contributed by atoms with van der Waals surface area (Å²) in [5.74, 6) is 0.0353. The lowest BCUT2D eigenvalue weighted by Crippen LogP contribution is -2.06. The molecule has 4 heteroatoms. The summed E-state index contributed by atoms with van der Waals surface area (Å²) < 4.78 is 4.59. The summed E-state index contributed by atoms with van der Waals surface area (Å²) in [6.45, 7) is 0. The molecule has 1 fully saturated rings. The number of rotatable bonds is 2. The highest BCUT2D eigenvalue weighted by Gasteiger charge is 2.26. The normalized spacial score (nSPS) is 15.3. The summed E-state index contributed by atoms with van der Waals surface area (Å²) in [6, 6.07) is 3.57. The standard InChI is InChI=1S/C10H10ClNO2/c1-14-10(13)9-7(11)4-5-8(12-9)6-2-3-6/h4-6H,2-3H2,1H3. The second-order valence-corrected chi connectivity index (χ2v) is 3.74. The van der Waals surface area contributed by atoms with E-state index in [4.69, 9.17) is 11.6 Å². The van der Waals surface area contributed by atoms with Crippen LogP contribution in [0.3, 0.4) is 0 Å². The van der Waals surface area contributed by atoms with Gasteiger partial charge in [0.1, 0.15) is 0 Å². The fourth-order valence-electron chi connectivity index (χ4n) is 1.30. The van der Waals surface area contributed by atoms with Crippen LogP contribution in [0.5, 0.6) is 0 Å². The van der Waals surface area contributed by atoms with E-state index < -0.39 is 5.97 Å². The predicted octanol–water partition coefficient (Wildman–Crippen LogP) is 2.40. The molecule has 1 heterocycles. The average Bonchev–Trinajstić information content (AvgIpc) is 3.01. The maximum Gasteiger partial charge on any atom is 0.358 e. The smallest absolute Gasteiger partial charge is 0.358 e. The number of hydrogen-bond donors (Lipinski definition) is 0. The number of esters is 1. The lowest BCUT2D eigenvalue weighted by atomic mass is 10.2. The minimum Gasteiger partial charge on any atom is -0.464 e. The van der Waals surface area contributed by atoms with Crippen molar-refractivity contribution < 1.29 is 9.53 Å². The van der Waals surface area contributed by atoms with Gasteiger partial charge in [-0.1, -0.05) is 11.6 Å². The van der Waals surface area contributed by atoms with E-state index in [9.17, 15) is 4.79 Å². The zero-order valence-corrected chi connectivity index (χ0v) is 8.54. The van der Waals surface area contributed by atoms with Crippen molar-refractivity contribution in [1.82, 2.24) is 4.98 Å². The monoisotopic (exact) mass is 211 g/mol. The summed E-state index contributed by atoms with van der Waals surface area (Å²) in [4.78, 5) is 15.5. The Bertz CT molecular complexity index is 374. The van der Waals surface area contributed by atoms with Gasteiger partial charge in [-0.15, -0.1) is 0 Å². The minimum atomic E-state index is -0.475. The van der Waals surface area contributed by atoms with E-state index >= 15 is 0 Å². The van der Waals surface area contributed by atoms with Crippen molar-refractivity contribution >= 4 is 17.6 Å². The minimum absolute atomic E-state index is 0.221. The van der Waals surface area contributed by atoms with Crippen LogP contribution in [0, 0.1) is 0 Å². The molecule has 0 spiro atoms. The number of halogens is 1. The van der Waals surface area contributed by atoms with Crippen LogP contribution in [0.1, 0.15) is 34.9 Å². The number of nitrogens with zero attached hydrogens (tertiary/aromatic N) is 1. The quantitative estimate of drug-likeness (QED) is 0.706. The molecule has 0 bridgehead atoms. The highest BCUT2D eigenvalue weighted by atomic mass is 35.5. The molecular formula is C10H10ClNO2. The molecule has 14 heavy (non-hydrogen) atoms. The Morgan fingerprint density at radius 2 is 2.29 bits per heavy atom. The Morgan fingerprint density at radius 3 is 2.86 bits per heavy atom. The van der Waals surface area contributed by atoms with Gasteiger partial charge in [-0.25, -0.2) is 9.78 Å². The van der Waals surface area contributed by atoms with Crippen molar-refractivity contribution in [2.24, 2.45) is 0 Å². The highest BCUT2D eigenvalue weighted by molar-refractivity contribution is 6.33. The van der Waals surface area contributed by atoms with E-state index in [1.807, 2.05) is 6.07 Å². The molecule has 1 aliphatic rings. The molecule has 3 nitrogen and oxygen atoms in total. The van der Waals surface area contributed by atoms with Crippen LogP contribution >= 0.6 is 11.6 Å². The van der Waals surface area contributed by atoms with Gasteiger partial charge in [0.15, 0.2) is 5.69 Å². The predicted molar refractivity (Wildman–Crippen MR) is 52.6 cm³/mol. The number of hydrogen-bond acceptors (Lipinski definition) is 3. The van der Waals surface area contributed by atoms with Crippen LogP contribution < -0.4 is 0 Å². The molecule has 0 unspecified atom stereocenters.